The Balaban J connectivity index is 0.000000470. The van der Waals surface area contributed by atoms with Crippen LogP contribution in [0.25, 0.3) is 0 Å². The molecule has 14 heteroatoms. The number of rotatable bonds is 4. The number of pyridine rings is 1. The monoisotopic (exact) mass is 563 g/mol. The van der Waals surface area contributed by atoms with Crippen molar-refractivity contribution in [2.45, 2.75) is 24.2 Å². The first kappa shape index (κ1) is 28.7. The van der Waals surface area contributed by atoms with Crippen molar-refractivity contribution in [2.24, 2.45) is 7.05 Å². The summed E-state index contributed by atoms with van der Waals surface area (Å²) >= 11 is 0. The molecule has 3 aromatic rings. The number of aryl methyl sites for hydroxylation is 1. The Morgan fingerprint density at radius 2 is 1.85 bits per heavy atom. The molecule has 0 saturated carbocycles. The van der Waals surface area contributed by atoms with Gasteiger partial charge in [-0.3, -0.25) is 19.3 Å². The Kier molecular flexibility index (Phi) is 8.18. The number of carboxylic acid groups (broad SMARTS) is 1. The maximum atomic E-state index is 13.9. The lowest BCUT2D eigenvalue weighted by Crippen LogP contribution is -2.60. The highest BCUT2D eigenvalue weighted by Crippen LogP contribution is 2.42. The summed E-state index contributed by atoms with van der Waals surface area (Å²) in [5.74, 6) is -3.82. The first-order chi connectivity index (χ1) is 18.9. The second-order valence-corrected chi connectivity index (χ2v) is 9.26. The molecule has 2 aliphatic rings. The van der Waals surface area contributed by atoms with E-state index in [0.717, 1.165) is 11.1 Å². The number of halogens is 4. The summed E-state index contributed by atoms with van der Waals surface area (Å²) in [5, 5.41) is 11.2. The fraction of sp³-hybridized carbons (Fsp3) is 0.346. The molecule has 2 aromatic heterocycles. The number of carbonyl (C=O) groups excluding carboxylic acids is 2. The molecule has 2 amide bonds. The van der Waals surface area contributed by atoms with Gasteiger partial charge in [0.05, 0.1) is 13.2 Å². The lowest BCUT2D eigenvalue weighted by molar-refractivity contribution is -0.192. The minimum atomic E-state index is -5.08. The van der Waals surface area contributed by atoms with Crippen LogP contribution in [0.4, 0.5) is 17.6 Å². The van der Waals surface area contributed by atoms with Crippen LogP contribution in [-0.4, -0.2) is 85.5 Å². The van der Waals surface area contributed by atoms with Crippen LogP contribution in [0.15, 0.2) is 61.1 Å². The van der Waals surface area contributed by atoms with E-state index in [9.17, 15) is 27.2 Å². The van der Waals surface area contributed by atoms with Crippen molar-refractivity contribution in [3.8, 4) is 0 Å². The number of benzene rings is 1. The molecule has 1 N–H and O–H groups in total. The summed E-state index contributed by atoms with van der Waals surface area (Å²) in [6.45, 7) is 1.58. The van der Waals surface area contributed by atoms with Crippen molar-refractivity contribution in [3.63, 3.8) is 0 Å². The molecule has 0 bridgehead atoms. The third-order valence-electron chi connectivity index (χ3n) is 6.70. The van der Waals surface area contributed by atoms with Gasteiger partial charge in [0.1, 0.15) is 11.5 Å². The van der Waals surface area contributed by atoms with Crippen LogP contribution >= 0.6 is 0 Å². The number of aliphatic carboxylic acids is 1. The van der Waals surface area contributed by atoms with E-state index in [4.69, 9.17) is 14.6 Å². The summed E-state index contributed by atoms with van der Waals surface area (Å²) in [5.41, 5.74) is 0.911. The largest absolute Gasteiger partial charge is 0.490 e. The summed E-state index contributed by atoms with van der Waals surface area (Å²) in [7, 11) is 1.71. The average molecular weight is 564 g/mol. The highest BCUT2D eigenvalue weighted by Gasteiger charge is 2.58. The van der Waals surface area contributed by atoms with Gasteiger partial charge in [0, 0.05) is 51.2 Å². The van der Waals surface area contributed by atoms with Crippen molar-refractivity contribution < 1.29 is 41.8 Å². The van der Waals surface area contributed by atoms with Gasteiger partial charge in [0.25, 0.3) is 11.8 Å². The SMILES string of the molecule is Cn1nccc1C(=O)N1CC(c2cccnc2)C2(C1)OCCN(Cc1ccc(F)cc1)C2=O.O=C(O)C(F)(F)F. The van der Waals surface area contributed by atoms with E-state index in [-0.39, 0.29) is 30.1 Å². The number of amides is 2. The number of aromatic nitrogens is 3. The van der Waals surface area contributed by atoms with Crippen molar-refractivity contribution >= 4 is 17.8 Å². The highest BCUT2D eigenvalue weighted by molar-refractivity contribution is 5.95. The molecule has 2 saturated heterocycles. The summed E-state index contributed by atoms with van der Waals surface area (Å²) < 4.78 is 52.8. The molecule has 10 nitrogen and oxygen atoms in total. The maximum Gasteiger partial charge on any atom is 0.490 e. The van der Waals surface area contributed by atoms with Crippen molar-refractivity contribution in [3.05, 3.63) is 83.7 Å². The average Bonchev–Trinajstić information content (AvgIpc) is 3.52. The Labute approximate surface area is 225 Å². The standard InChI is InChI=1S/C24H24FN5O3.C2HF3O2/c1-28-21(8-10-27-28)22(31)30-15-20(18-3-2-9-26-13-18)24(16-30)23(32)29(11-12-33-24)14-17-4-6-19(25)7-5-17;3-2(4,5)1(6)7/h2-10,13,20H,11-12,14-16H2,1H3;(H,6,7). The van der Waals surface area contributed by atoms with Crippen molar-refractivity contribution in [1.29, 1.82) is 0 Å². The number of nitrogens with zero attached hydrogens (tertiary/aromatic N) is 5. The van der Waals surface area contributed by atoms with Gasteiger partial charge in [-0.1, -0.05) is 18.2 Å². The molecule has 0 radical (unpaired) electrons. The van der Waals surface area contributed by atoms with E-state index < -0.39 is 17.7 Å². The molecular formula is C26H25F4N5O5. The predicted molar refractivity (Wildman–Crippen MR) is 130 cm³/mol. The smallest absolute Gasteiger partial charge is 0.475 e. The lowest BCUT2D eigenvalue weighted by Gasteiger charge is -2.42. The fourth-order valence-corrected chi connectivity index (χ4v) is 4.78. The van der Waals surface area contributed by atoms with E-state index in [0.29, 0.717) is 31.9 Å². The van der Waals surface area contributed by atoms with E-state index in [1.165, 1.54) is 16.8 Å². The predicted octanol–water partition coefficient (Wildman–Crippen LogP) is 2.62. The van der Waals surface area contributed by atoms with Gasteiger partial charge < -0.3 is 19.6 Å². The van der Waals surface area contributed by atoms with Crippen LogP contribution in [0, 0.1) is 5.82 Å². The Morgan fingerprint density at radius 3 is 2.42 bits per heavy atom. The number of hydrogen-bond acceptors (Lipinski definition) is 6. The number of carbonyl (C=O) groups is 3. The Hall–Kier alpha value is -4.33. The topological polar surface area (TPSA) is 118 Å². The van der Waals surface area contributed by atoms with Gasteiger partial charge in [0.2, 0.25) is 0 Å². The van der Waals surface area contributed by atoms with Crippen LogP contribution in [-0.2, 0) is 27.9 Å². The number of morpholine rings is 1. The van der Waals surface area contributed by atoms with Gasteiger partial charge in [0.15, 0.2) is 5.60 Å². The van der Waals surface area contributed by atoms with E-state index >= 15 is 0 Å². The van der Waals surface area contributed by atoms with Gasteiger partial charge in [-0.15, -0.1) is 0 Å². The third-order valence-corrected chi connectivity index (χ3v) is 6.70. The molecule has 2 fully saturated rings. The van der Waals surface area contributed by atoms with Crippen molar-refractivity contribution in [2.75, 3.05) is 26.2 Å². The number of ether oxygens (including phenoxy) is 1. The maximum absolute atomic E-state index is 13.9. The minimum Gasteiger partial charge on any atom is -0.475 e. The molecular weight excluding hydrogens is 538 g/mol. The normalized spacial score (nSPS) is 20.8. The van der Waals surface area contributed by atoms with Gasteiger partial charge >= 0.3 is 12.1 Å². The zero-order valence-corrected chi connectivity index (χ0v) is 21.2. The minimum absolute atomic E-state index is 0.134. The zero-order valence-electron chi connectivity index (χ0n) is 21.2. The van der Waals surface area contributed by atoms with Gasteiger partial charge in [-0.05, 0) is 35.4 Å². The summed E-state index contributed by atoms with van der Waals surface area (Å²) in [6.07, 6.45) is -0.113. The second-order valence-electron chi connectivity index (χ2n) is 9.26. The molecule has 1 spiro atoms. The lowest BCUT2D eigenvalue weighted by atomic mass is 9.83. The van der Waals surface area contributed by atoms with E-state index in [1.807, 2.05) is 12.1 Å². The fourth-order valence-electron chi connectivity index (χ4n) is 4.78. The van der Waals surface area contributed by atoms with Crippen LogP contribution in [0.5, 0.6) is 0 Å². The number of carboxylic acids is 1. The molecule has 0 aliphatic carbocycles. The van der Waals surface area contributed by atoms with Gasteiger partial charge in [-0.25, -0.2) is 9.18 Å². The molecule has 2 atom stereocenters. The van der Waals surface area contributed by atoms with Crippen LogP contribution in [0.2, 0.25) is 0 Å². The molecule has 5 rings (SSSR count). The zero-order chi connectivity index (χ0) is 29.1. The first-order valence-corrected chi connectivity index (χ1v) is 12.1. The van der Waals surface area contributed by atoms with E-state index in [2.05, 4.69) is 10.1 Å². The Bertz CT molecular complexity index is 1370. The molecule has 212 valence electrons. The second kappa shape index (κ2) is 11.4. The van der Waals surface area contributed by atoms with Crippen LogP contribution in [0.1, 0.15) is 27.5 Å². The molecule has 40 heavy (non-hydrogen) atoms. The number of hydrogen-bond donors (Lipinski definition) is 1. The summed E-state index contributed by atoms with van der Waals surface area (Å²) in [6, 6.07) is 11.5. The number of likely N-dealkylation sites (tertiary alicyclic amines) is 1. The molecule has 4 heterocycles. The summed E-state index contributed by atoms with van der Waals surface area (Å²) in [4.78, 5) is 43.7. The van der Waals surface area contributed by atoms with Crippen LogP contribution < -0.4 is 0 Å². The third kappa shape index (κ3) is 5.96. The highest BCUT2D eigenvalue weighted by atomic mass is 19.4. The molecule has 2 aliphatic heterocycles. The molecule has 2 unspecified atom stereocenters. The molecule has 1 aromatic carbocycles. The first-order valence-electron chi connectivity index (χ1n) is 12.1. The Morgan fingerprint density at radius 1 is 1.15 bits per heavy atom. The van der Waals surface area contributed by atoms with E-state index in [1.54, 1.807) is 53.6 Å². The van der Waals surface area contributed by atoms with Crippen molar-refractivity contribution in [1.82, 2.24) is 24.6 Å². The number of alkyl halides is 3. The van der Waals surface area contributed by atoms with Crippen LogP contribution in [0.3, 0.4) is 0 Å². The quantitative estimate of drug-likeness (QED) is 0.485. The van der Waals surface area contributed by atoms with Gasteiger partial charge in [-0.2, -0.15) is 18.3 Å².